The Morgan fingerprint density at radius 3 is 2.54 bits per heavy atom. The quantitative estimate of drug-likeness (QED) is 0.718. The summed E-state index contributed by atoms with van der Waals surface area (Å²) in [6, 6.07) is 0.703. The second-order valence-electron chi connectivity index (χ2n) is 4.68. The number of nitrogens with zero attached hydrogens (tertiary/aromatic N) is 1. The van der Waals surface area contributed by atoms with E-state index in [0.717, 1.165) is 12.5 Å². The van der Waals surface area contributed by atoms with E-state index < -0.39 is 0 Å². The molecule has 1 heterocycles. The van der Waals surface area contributed by atoms with E-state index in [2.05, 4.69) is 4.90 Å². The van der Waals surface area contributed by atoms with Crippen molar-refractivity contribution in [3.63, 3.8) is 0 Å². The van der Waals surface area contributed by atoms with Gasteiger partial charge >= 0.3 is 0 Å². The Hall–Kier alpha value is -0.0800. The maximum Gasteiger partial charge on any atom is 0.0218 e. The number of piperidine rings is 1. The van der Waals surface area contributed by atoms with Crippen LogP contribution in [0, 0.1) is 5.92 Å². The second-order valence-corrected chi connectivity index (χ2v) is 4.68. The van der Waals surface area contributed by atoms with Crippen LogP contribution in [0.1, 0.15) is 38.5 Å². The van der Waals surface area contributed by atoms with Crippen molar-refractivity contribution in [2.75, 3.05) is 19.6 Å². The predicted octanol–water partition coefficient (Wildman–Crippen LogP) is 1.60. The van der Waals surface area contributed by atoms with Crippen LogP contribution < -0.4 is 5.73 Å². The van der Waals surface area contributed by atoms with Crippen LogP contribution >= 0.6 is 0 Å². The highest BCUT2D eigenvalue weighted by atomic mass is 15.2. The van der Waals surface area contributed by atoms with Crippen molar-refractivity contribution in [2.45, 2.75) is 44.6 Å². The highest BCUT2D eigenvalue weighted by Crippen LogP contribution is 2.29. The summed E-state index contributed by atoms with van der Waals surface area (Å²) in [6.45, 7) is 3.51. The topological polar surface area (TPSA) is 29.3 Å². The van der Waals surface area contributed by atoms with Crippen LogP contribution in [0.25, 0.3) is 0 Å². The molecule has 0 amide bonds. The molecular formula is C11H22N2. The minimum atomic E-state index is 0.703. The van der Waals surface area contributed by atoms with E-state index in [0.29, 0.717) is 6.04 Å². The van der Waals surface area contributed by atoms with Crippen molar-refractivity contribution < 1.29 is 0 Å². The second kappa shape index (κ2) is 4.43. The summed E-state index contributed by atoms with van der Waals surface area (Å²) >= 11 is 0. The molecule has 2 rings (SSSR count). The van der Waals surface area contributed by atoms with E-state index in [9.17, 15) is 0 Å². The third-order valence-corrected chi connectivity index (χ3v) is 3.74. The van der Waals surface area contributed by atoms with Crippen molar-refractivity contribution >= 4 is 0 Å². The summed E-state index contributed by atoms with van der Waals surface area (Å²) in [5.74, 6) is 1.01. The third-order valence-electron chi connectivity index (χ3n) is 3.74. The van der Waals surface area contributed by atoms with E-state index in [-0.39, 0.29) is 0 Å². The zero-order chi connectivity index (χ0) is 9.10. The molecule has 0 aromatic rings. The molecule has 1 saturated heterocycles. The molecule has 0 aromatic heterocycles. The minimum Gasteiger partial charge on any atom is -0.329 e. The molecule has 1 atom stereocenters. The van der Waals surface area contributed by atoms with Crippen LogP contribution in [0.4, 0.5) is 0 Å². The predicted molar refractivity (Wildman–Crippen MR) is 55.6 cm³/mol. The Labute approximate surface area is 81.5 Å². The van der Waals surface area contributed by atoms with Crippen LogP contribution in [0.5, 0.6) is 0 Å². The van der Waals surface area contributed by atoms with Gasteiger partial charge < -0.3 is 5.73 Å². The first-order valence-electron chi connectivity index (χ1n) is 5.84. The van der Waals surface area contributed by atoms with Gasteiger partial charge in [-0.2, -0.15) is 0 Å². The number of nitrogens with two attached hydrogens (primary N) is 1. The van der Waals surface area contributed by atoms with E-state index in [1.807, 2.05) is 0 Å². The van der Waals surface area contributed by atoms with Gasteiger partial charge in [-0.1, -0.05) is 12.8 Å². The fourth-order valence-electron chi connectivity index (χ4n) is 2.57. The summed E-state index contributed by atoms with van der Waals surface area (Å²) in [4.78, 5) is 2.65. The lowest BCUT2D eigenvalue weighted by Gasteiger charge is -2.39. The Kier molecular flexibility index (Phi) is 3.23. The highest BCUT2D eigenvalue weighted by Gasteiger charge is 2.26. The van der Waals surface area contributed by atoms with Crippen LogP contribution in [-0.4, -0.2) is 30.6 Å². The monoisotopic (exact) mass is 182 g/mol. The summed E-state index contributed by atoms with van der Waals surface area (Å²) < 4.78 is 0. The van der Waals surface area contributed by atoms with Gasteiger partial charge in [0, 0.05) is 19.1 Å². The van der Waals surface area contributed by atoms with Crippen LogP contribution in [-0.2, 0) is 0 Å². The summed E-state index contributed by atoms with van der Waals surface area (Å²) in [7, 11) is 0. The first-order valence-corrected chi connectivity index (χ1v) is 5.84. The van der Waals surface area contributed by atoms with Gasteiger partial charge in [-0.05, 0) is 38.1 Å². The van der Waals surface area contributed by atoms with Crippen molar-refractivity contribution in [3.05, 3.63) is 0 Å². The van der Waals surface area contributed by atoms with E-state index in [1.165, 1.54) is 51.6 Å². The van der Waals surface area contributed by atoms with E-state index in [4.69, 9.17) is 5.73 Å². The van der Waals surface area contributed by atoms with Crippen LogP contribution in [0.3, 0.4) is 0 Å². The minimum absolute atomic E-state index is 0.703. The van der Waals surface area contributed by atoms with Gasteiger partial charge in [-0.3, -0.25) is 4.90 Å². The van der Waals surface area contributed by atoms with E-state index >= 15 is 0 Å². The Morgan fingerprint density at radius 2 is 1.92 bits per heavy atom. The molecule has 1 aliphatic carbocycles. The molecule has 0 radical (unpaired) electrons. The normalized spacial score (nSPS) is 31.6. The molecule has 2 nitrogen and oxygen atoms in total. The molecular weight excluding hydrogens is 160 g/mol. The molecule has 2 N–H and O–H groups in total. The summed E-state index contributed by atoms with van der Waals surface area (Å²) in [6.07, 6.45) is 8.52. The summed E-state index contributed by atoms with van der Waals surface area (Å²) in [5, 5.41) is 0. The molecule has 76 valence electrons. The van der Waals surface area contributed by atoms with Gasteiger partial charge in [-0.25, -0.2) is 0 Å². The maximum atomic E-state index is 5.79. The smallest absolute Gasteiger partial charge is 0.0218 e. The fourth-order valence-corrected chi connectivity index (χ4v) is 2.57. The first kappa shape index (κ1) is 9.47. The lowest BCUT2D eigenvalue weighted by atomic mass is 9.84. The van der Waals surface area contributed by atoms with Gasteiger partial charge in [0.2, 0.25) is 0 Å². The Balaban J connectivity index is 1.79. The molecule has 1 aliphatic heterocycles. The SMILES string of the molecule is NCC1CCCCN1CC1CCC1. The highest BCUT2D eigenvalue weighted by molar-refractivity contribution is 4.81. The van der Waals surface area contributed by atoms with Crippen molar-refractivity contribution in [3.8, 4) is 0 Å². The molecule has 0 bridgehead atoms. The molecule has 2 fully saturated rings. The molecule has 0 aromatic carbocycles. The standard InChI is InChI=1S/C11H22N2/c12-8-11-6-1-2-7-13(11)9-10-4-3-5-10/h10-11H,1-9,12H2. The van der Waals surface area contributed by atoms with Gasteiger partial charge in [0.1, 0.15) is 0 Å². The molecule has 0 spiro atoms. The largest absolute Gasteiger partial charge is 0.329 e. The maximum absolute atomic E-state index is 5.79. The van der Waals surface area contributed by atoms with Gasteiger partial charge in [0.15, 0.2) is 0 Å². The first-order chi connectivity index (χ1) is 6.40. The lowest BCUT2D eigenvalue weighted by molar-refractivity contribution is 0.104. The molecule has 2 heteroatoms. The van der Waals surface area contributed by atoms with E-state index in [1.54, 1.807) is 0 Å². The van der Waals surface area contributed by atoms with Gasteiger partial charge in [-0.15, -0.1) is 0 Å². The fraction of sp³-hybridized carbons (Fsp3) is 1.00. The number of hydrogen-bond acceptors (Lipinski definition) is 2. The number of rotatable bonds is 3. The average Bonchev–Trinajstić information content (AvgIpc) is 2.12. The van der Waals surface area contributed by atoms with Gasteiger partial charge in [0.25, 0.3) is 0 Å². The third kappa shape index (κ3) is 2.23. The zero-order valence-corrected chi connectivity index (χ0v) is 8.54. The Morgan fingerprint density at radius 1 is 1.08 bits per heavy atom. The van der Waals surface area contributed by atoms with Crippen molar-refractivity contribution in [2.24, 2.45) is 11.7 Å². The zero-order valence-electron chi connectivity index (χ0n) is 8.54. The van der Waals surface area contributed by atoms with Crippen molar-refractivity contribution in [1.82, 2.24) is 4.90 Å². The van der Waals surface area contributed by atoms with Crippen LogP contribution in [0.2, 0.25) is 0 Å². The lowest BCUT2D eigenvalue weighted by Crippen LogP contribution is -2.46. The molecule has 1 saturated carbocycles. The summed E-state index contributed by atoms with van der Waals surface area (Å²) in [5.41, 5.74) is 5.79. The number of likely N-dealkylation sites (tertiary alicyclic amines) is 1. The molecule has 13 heavy (non-hydrogen) atoms. The number of hydrogen-bond donors (Lipinski definition) is 1. The van der Waals surface area contributed by atoms with Crippen molar-refractivity contribution in [1.29, 1.82) is 0 Å². The van der Waals surface area contributed by atoms with Gasteiger partial charge in [0.05, 0.1) is 0 Å². The van der Waals surface area contributed by atoms with Crippen LogP contribution in [0.15, 0.2) is 0 Å². The molecule has 1 unspecified atom stereocenters. The Bertz CT molecular complexity index is 154. The average molecular weight is 182 g/mol. The molecule has 2 aliphatic rings.